The molecule has 1 amide bonds. The van der Waals surface area contributed by atoms with Gasteiger partial charge in [0.2, 0.25) is 5.91 Å². The Bertz CT molecular complexity index is 409. The van der Waals surface area contributed by atoms with E-state index in [0.29, 0.717) is 6.54 Å². The van der Waals surface area contributed by atoms with Gasteiger partial charge in [-0.05, 0) is 24.5 Å². The molecule has 98 valence electrons. The fourth-order valence-electron chi connectivity index (χ4n) is 2.31. The number of hydrogen-bond donors (Lipinski definition) is 1. The molecule has 1 N–H and O–H groups in total. The van der Waals surface area contributed by atoms with Crippen molar-refractivity contribution in [3.05, 3.63) is 29.8 Å². The van der Waals surface area contributed by atoms with E-state index in [-0.39, 0.29) is 11.8 Å². The molecule has 0 bridgehead atoms. The van der Waals surface area contributed by atoms with Crippen LogP contribution in [0.3, 0.4) is 0 Å². The Labute approximate surface area is 109 Å². The van der Waals surface area contributed by atoms with E-state index in [1.807, 2.05) is 19.9 Å². The van der Waals surface area contributed by atoms with Crippen molar-refractivity contribution in [3.63, 3.8) is 0 Å². The van der Waals surface area contributed by atoms with E-state index in [2.05, 4.69) is 28.4 Å². The second kappa shape index (κ2) is 5.89. The summed E-state index contributed by atoms with van der Waals surface area (Å²) in [5, 5.41) is 3.00. The van der Waals surface area contributed by atoms with E-state index in [1.54, 1.807) is 0 Å². The van der Waals surface area contributed by atoms with Crippen molar-refractivity contribution in [2.24, 2.45) is 5.92 Å². The molecule has 1 aromatic carbocycles. The van der Waals surface area contributed by atoms with Crippen molar-refractivity contribution < 1.29 is 4.79 Å². The highest BCUT2D eigenvalue weighted by Crippen LogP contribution is 2.24. The van der Waals surface area contributed by atoms with Crippen LogP contribution < -0.4 is 10.2 Å². The minimum absolute atomic E-state index is 0.0453. The van der Waals surface area contributed by atoms with Gasteiger partial charge in [0.15, 0.2) is 0 Å². The Hall–Kier alpha value is -1.51. The van der Waals surface area contributed by atoms with Crippen molar-refractivity contribution in [2.75, 3.05) is 18.0 Å². The van der Waals surface area contributed by atoms with Crippen molar-refractivity contribution in [1.29, 1.82) is 0 Å². The minimum Gasteiger partial charge on any atom is -0.371 e. The maximum absolute atomic E-state index is 11.6. The van der Waals surface area contributed by atoms with E-state index in [9.17, 15) is 4.79 Å². The Morgan fingerprint density at radius 2 is 1.94 bits per heavy atom. The third kappa shape index (κ3) is 3.03. The van der Waals surface area contributed by atoms with Crippen LogP contribution in [0.5, 0.6) is 0 Å². The van der Waals surface area contributed by atoms with E-state index < -0.39 is 0 Å². The molecule has 3 nitrogen and oxygen atoms in total. The van der Waals surface area contributed by atoms with Crippen molar-refractivity contribution in [1.82, 2.24) is 5.32 Å². The normalized spacial score (nSPS) is 15.2. The number of carbonyl (C=O) groups is 1. The van der Waals surface area contributed by atoms with Crippen LogP contribution in [0.15, 0.2) is 24.3 Å². The first-order valence-corrected chi connectivity index (χ1v) is 6.79. The van der Waals surface area contributed by atoms with Gasteiger partial charge in [0.25, 0.3) is 0 Å². The van der Waals surface area contributed by atoms with Gasteiger partial charge in [-0.1, -0.05) is 32.0 Å². The number of rotatable bonds is 4. The number of nitrogens with zero attached hydrogens (tertiary/aromatic N) is 1. The van der Waals surface area contributed by atoms with Crippen LogP contribution in [0.4, 0.5) is 5.69 Å². The lowest BCUT2D eigenvalue weighted by Crippen LogP contribution is -2.28. The molecule has 0 spiro atoms. The maximum Gasteiger partial charge on any atom is 0.222 e. The summed E-state index contributed by atoms with van der Waals surface area (Å²) in [5.41, 5.74) is 2.49. The van der Waals surface area contributed by atoms with Gasteiger partial charge in [-0.2, -0.15) is 0 Å². The van der Waals surface area contributed by atoms with Crippen LogP contribution in [0.2, 0.25) is 0 Å². The highest BCUT2D eigenvalue weighted by atomic mass is 16.1. The molecule has 18 heavy (non-hydrogen) atoms. The zero-order chi connectivity index (χ0) is 13.0. The molecule has 1 aromatic rings. The summed E-state index contributed by atoms with van der Waals surface area (Å²) in [7, 11) is 0. The van der Waals surface area contributed by atoms with Crippen molar-refractivity contribution in [2.45, 2.75) is 33.2 Å². The van der Waals surface area contributed by atoms with Gasteiger partial charge in [-0.3, -0.25) is 4.79 Å². The average molecular weight is 246 g/mol. The number of anilines is 1. The standard InChI is InChI=1S/C15H22N2O/c1-12(2)15(18)16-11-13-7-3-4-8-14(13)17-9-5-6-10-17/h3-4,7-8,12H,5-6,9-11H2,1-2H3,(H,16,18). The molecule has 1 aliphatic heterocycles. The average Bonchev–Trinajstić information content (AvgIpc) is 2.89. The lowest BCUT2D eigenvalue weighted by atomic mass is 10.1. The largest absolute Gasteiger partial charge is 0.371 e. The first kappa shape index (κ1) is 12.9. The number of nitrogens with one attached hydrogen (secondary N) is 1. The summed E-state index contributed by atoms with van der Waals surface area (Å²) in [4.78, 5) is 14.0. The zero-order valence-electron chi connectivity index (χ0n) is 11.3. The highest BCUT2D eigenvalue weighted by Gasteiger charge is 2.15. The maximum atomic E-state index is 11.6. The van der Waals surface area contributed by atoms with Crippen LogP contribution in [0, 0.1) is 5.92 Å². The Kier molecular flexibility index (Phi) is 4.24. The predicted molar refractivity (Wildman–Crippen MR) is 74.6 cm³/mol. The number of amides is 1. The summed E-state index contributed by atoms with van der Waals surface area (Å²) >= 11 is 0. The first-order valence-electron chi connectivity index (χ1n) is 6.79. The molecule has 0 aliphatic carbocycles. The number of benzene rings is 1. The molecule has 3 heteroatoms. The SMILES string of the molecule is CC(C)C(=O)NCc1ccccc1N1CCCC1. The fraction of sp³-hybridized carbons (Fsp3) is 0.533. The molecule has 1 fully saturated rings. The van der Waals surface area contributed by atoms with Gasteiger partial charge < -0.3 is 10.2 Å². The monoisotopic (exact) mass is 246 g/mol. The molecule has 1 heterocycles. The lowest BCUT2D eigenvalue weighted by Gasteiger charge is -2.21. The Balaban J connectivity index is 2.05. The number of carbonyl (C=O) groups excluding carboxylic acids is 1. The highest BCUT2D eigenvalue weighted by molar-refractivity contribution is 5.78. The van der Waals surface area contributed by atoms with Gasteiger partial charge in [-0.15, -0.1) is 0 Å². The molecule has 0 unspecified atom stereocenters. The van der Waals surface area contributed by atoms with Gasteiger partial charge >= 0.3 is 0 Å². The molecule has 0 saturated carbocycles. The molecular weight excluding hydrogens is 224 g/mol. The molecule has 2 rings (SSSR count). The summed E-state index contributed by atoms with van der Waals surface area (Å²) < 4.78 is 0. The molecule has 1 aliphatic rings. The molecule has 0 radical (unpaired) electrons. The molecular formula is C15H22N2O. The summed E-state index contributed by atoms with van der Waals surface area (Å²) in [6.07, 6.45) is 2.54. The second-order valence-electron chi connectivity index (χ2n) is 5.20. The van der Waals surface area contributed by atoms with Crippen LogP contribution >= 0.6 is 0 Å². The number of hydrogen-bond acceptors (Lipinski definition) is 2. The Morgan fingerprint density at radius 1 is 1.28 bits per heavy atom. The van der Waals surface area contributed by atoms with E-state index in [4.69, 9.17) is 0 Å². The lowest BCUT2D eigenvalue weighted by molar-refractivity contribution is -0.124. The first-order chi connectivity index (χ1) is 8.68. The smallest absolute Gasteiger partial charge is 0.222 e. The minimum atomic E-state index is 0.0453. The van der Waals surface area contributed by atoms with E-state index in [0.717, 1.165) is 13.1 Å². The predicted octanol–water partition coefficient (Wildman–Crippen LogP) is 2.56. The summed E-state index contributed by atoms with van der Waals surface area (Å²) in [6, 6.07) is 8.37. The summed E-state index contributed by atoms with van der Waals surface area (Å²) in [5.74, 6) is 0.162. The molecule has 0 aromatic heterocycles. The van der Waals surface area contributed by atoms with Crippen LogP contribution in [-0.4, -0.2) is 19.0 Å². The quantitative estimate of drug-likeness (QED) is 0.885. The Morgan fingerprint density at radius 3 is 2.61 bits per heavy atom. The number of para-hydroxylation sites is 1. The topological polar surface area (TPSA) is 32.3 Å². The van der Waals surface area contributed by atoms with Gasteiger partial charge in [-0.25, -0.2) is 0 Å². The van der Waals surface area contributed by atoms with Crippen molar-refractivity contribution in [3.8, 4) is 0 Å². The van der Waals surface area contributed by atoms with Crippen LogP contribution in [-0.2, 0) is 11.3 Å². The van der Waals surface area contributed by atoms with Gasteiger partial charge in [0.1, 0.15) is 0 Å². The van der Waals surface area contributed by atoms with Crippen LogP contribution in [0.25, 0.3) is 0 Å². The molecule has 1 saturated heterocycles. The van der Waals surface area contributed by atoms with E-state index >= 15 is 0 Å². The molecule has 0 atom stereocenters. The second-order valence-corrected chi connectivity index (χ2v) is 5.20. The zero-order valence-corrected chi connectivity index (χ0v) is 11.3. The van der Waals surface area contributed by atoms with E-state index in [1.165, 1.54) is 24.1 Å². The van der Waals surface area contributed by atoms with Crippen molar-refractivity contribution >= 4 is 11.6 Å². The third-order valence-electron chi connectivity index (χ3n) is 3.42. The van der Waals surface area contributed by atoms with Gasteiger partial charge in [0, 0.05) is 31.2 Å². The van der Waals surface area contributed by atoms with Gasteiger partial charge in [0.05, 0.1) is 0 Å². The third-order valence-corrected chi connectivity index (χ3v) is 3.42. The van der Waals surface area contributed by atoms with Crippen LogP contribution in [0.1, 0.15) is 32.3 Å². The fourth-order valence-corrected chi connectivity index (χ4v) is 2.31. The summed E-state index contributed by atoms with van der Waals surface area (Å²) in [6.45, 7) is 6.73.